The van der Waals surface area contributed by atoms with Gasteiger partial charge in [-0.3, -0.25) is 4.79 Å². The third-order valence-corrected chi connectivity index (χ3v) is 3.11. The van der Waals surface area contributed by atoms with E-state index in [1.807, 2.05) is 19.0 Å². The van der Waals surface area contributed by atoms with Crippen LogP contribution in [0.2, 0.25) is 0 Å². The number of nitrogens with one attached hydrogen (secondary N) is 1. The fourth-order valence-electron chi connectivity index (χ4n) is 2.04. The molecular formula is C15H23FN2O3. The second-order valence-corrected chi connectivity index (χ2v) is 5.23. The first-order valence-electron chi connectivity index (χ1n) is 6.84. The molecular weight excluding hydrogens is 275 g/mol. The van der Waals surface area contributed by atoms with E-state index in [-0.39, 0.29) is 18.2 Å². The number of aliphatic carboxylic acids is 1. The Morgan fingerprint density at radius 3 is 2.71 bits per heavy atom. The number of carboxylic acids is 1. The quantitative estimate of drug-likeness (QED) is 0.721. The van der Waals surface area contributed by atoms with Gasteiger partial charge >= 0.3 is 5.97 Å². The molecule has 2 N–H and O–H groups in total. The minimum Gasteiger partial charge on any atom is -0.494 e. The van der Waals surface area contributed by atoms with Crippen molar-refractivity contribution in [1.82, 2.24) is 10.2 Å². The molecule has 21 heavy (non-hydrogen) atoms. The lowest BCUT2D eigenvalue weighted by Crippen LogP contribution is -2.37. The van der Waals surface area contributed by atoms with Gasteiger partial charge in [-0.25, -0.2) is 4.39 Å². The Balaban J connectivity index is 2.66. The van der Waals surface area contributed by atoms with E-state index in [1.165, 1.54) is 13.2 Å². The van der Waals surface area contributed by atoms with Crippen LogP contribution >= 0.6 is 0 Å². The Morgan fingerprint density at radius 1 is 1.48 bits per heavy atom. The Hall–Kier alpha value is -1.66. The first-order chi connectivity index (χ1) is 9.92. The molecule has 118 valence electrons. The summed E-state index contributed by atoms with van der Waals surface area (Å²) in [4.78, 5) is 12.9. The van der Waals surface area contributed by atoms with Crippen molar-refractivity contribution >= 4 is 5.97 Å². The summed E-state index contributed by atoms with van der Waals surface area (Å²) < 4.78 is 18.5. The summed E-state index contributed by atoms with van der Waals surface area (Å²) in [6, 6.07) is 4.48. The molecule has 0 saturated carbocycles. The molecule has 5 nitrogen and oxygen atoms in total. The van der Waals surface area contributed by atoms with Crippen molar-refractivity contribution in [2.24, 2.45) is 0 Å². The van der Waals surface area contributed by atoms with E-state index < -0.39 is 11.8 Å². The first kappa shape index (κ1) is 17.4. The molecule has 1 aromatic rings. The first-order valence-corrected chi connectivity index (χ1v) is 6.84. The monoisotopic (exact) mass is 298 g/mol. The van der Waals surface area contributed by atoms with Gasteiger partial charge in [0.2, 0.25) is 0 Å². The number of benzene rings is 1. The predicted octanol–water partition coefficient (Wildman–Crippen LogP) is 1.37. The Morgan fingerprint density at radius 2 is 2.19 bits per heavy atom. The van der Waals surface area contributed by atoms with Gasteiger partial charge in [0.1, 0.15) is 0 Å². The molecule has 0 aliphatic carbocycles. The van der Waals surface area contributed by atoms with E-state index in [0.29, 0.717) is 13.0 Å². The fraction of sp³-hybridized carbons (Fsp3) is 0.533. The Bertz CT molecular complexity index is 466. The third kappa shape index (κ3) is 6.55. The molecule has 0 aliphatic heterocycles. The summed E-state index contributed by atoms with van der Waals surface area (Å²) in [6.07, 6.45) is 0.460. The molecule has 0 bridgehead atoms. The highest BCUT2D eigenvalue weighted by Crippen LogP contribution is 2.19. The molecule has 1 aromatic carbocycles. The summed E-state index contributed by atoms with van der Waals surface area (Å²) >= 11 is 0. The predicted molar refractivity (Wildman–Crippen MR) is 79.3 cm³/mol. The molecule has 6 heteroatoms. The maximum Gasteiger partial charge on any atom is 0.304 e. The lowest BCUT2D eigenvalue weighted by molar-refractivity contribution is -0.137. The lowest BCUT2D eigenvalue weighted by Gasteiger charge is -2.19. The number of rotatable bonds is 9. The summed E-state index contributed by atoms with van der Waals surface area (Å²) in [5.41, 5.74) is 0.747. The van der Waals surface area contributed by atoms with Crippen molar-refractivity contribution in [3.63, 3.8) is 0 Å². The Labute approximate surface area is 124 Å². The van der Waals surface area contributed by atoms with Gasteiger partial charge in [-0.1, -0.05) is 6.07 Å². The number of nitrogens with zero attached hydrogens (tertiary/aromatic N) is 1. The van der Waals surface area contributed by atoms with E-state index in [4.69, 9.17) is 9.84 Å². The van der Waals surface area contributed by atoms with Crippen molar-refractivity contribution in [3.8, 4) is 5.75 Å². The molecule has 0 spiro atoms. The largest absolute Gasteiger partial charge is 0.494 e. The standard InChI is InChI=1S/C15H23FN2O3/c1-18(2)7-6-17-12(10-15(19)20)8-11-4-5-14(21-3)13(16)9-11/h4-5,9,12,17H,6-8,10H2,1-3H3,(H,19,20). The zero-order valence-electron chi connectivity index (χ0n) is 12.7. The molecule has 0 radical (unpaired) electrons. The van der Waals surface area contributed by atoms with Crippen LogP contribution in [0.5, 0.6) is 5.75 Å². The smallest absolute Gasteiger partial charge is 0.304 e. The van der Waals surface area contributed by atoms with E-state index in [0.717, 1.165) is 12.1 Å². The van der Waals surface area contributed by atoms with Crippen LogP contribution in [-0.2, 0) is 11.2 Å². The van der Waals surface area contributed by atoms with Gasteiger partial charge in [0.25, 0.3) is 0 Å². The van der Waals surface area contributed by atoms with Gasteiger partial charge in [-0.2, -0.15) is 0 Å². The SMILES string of the molecule is COc1ccc(CC(CC(=O)O)NCCN(C)C)cc1F. The third-order valence-electron chi connectivity index (χ3n) is 3.11. The van der Waals surface area contributed by atoms with Crippen molar-refractivity contribution in [1.29, 1.82) is 0 Å². The number of ether oxygens (including phenoxy) is 1. The summed E-state index contributed by atoms with van der Waals surface area (Å²) in [6.45, 7) is 1.50. The van der Waals surface area contributed by atoms with Gasteiger partial charge in [-0.15, -0.1) is 0 Å². The molecule has 0 aromatic heterocycles. The van der Waals surface area contributed by atoms with E-state index in [1.54, 1.807) is 12.1 Å². The van der Waals surface area contributed by atoms with Crippen molar-refractivity contribution in [3.05, 3.63) is 29.6 Å². The number of halogens is 1. The minimum absolute atomic E-state index is 0.00107. The minimum atomic E-state index is -0.869. The molecule has 1 atom stereocenters. The van der Waals surface area contributed by atoms with E-state index in [2.05, 4.69) is 5.32 Å². The van der Waals surface area contributed by atoms with Crippen LogP contribution < -0.4 is 10.1 Å². The summed E-state index contributed by atoms with van der Waals surface area (Å²) in [7, 11) is 5.31. The van der Waals surface area contributed by atoms with Crippen LogP contribution in [-0.4, -0.2) is 56.3 Å². The zero-order valence-corrected chi connectivity index (χ0v) is 12.7. The average molecular weight is 298 g/mol. The molecule has 0 amide bonds. The van der Waals surface area contributed by atoms with Crippen LogP contribution in [0.4, 0.5) is 4.39 Å². The number of carboxylic acid groups (broad SMARTS) is 1. The second-order valence-electron chi connectivity index (χ2n) is 5.23. The highest BCUT2D eigenvalue weighted by atomic mass is 19.1. The van der Waals surface area contributed by atoms with Crippen molar-refractivity contribution < 1.29 is 19.0 Å². The fourth-order valence-corrected chi connectivity index (χ4v) is 2.04. The number of likely N-dealkylation sites (N-methyl/N-ethyl adjacent to an activating group) is 1. The topological polar surface area (TPSA) is 61.8 Å². The lowest BCUT2D eigenvalue weighted by atomic mass is 10.0. The van der Waals surface area contributed by atoms with Gasteiger partial charge in [0, 0.05) is 19.1 Å². The van der Waals surface area contributed by atoms with Gasteiger partial charge in [0.05, 0.1) is 13.5 Å². The molecule has 0 heterocycles. The number of methoxy groups -OCH3 is 1. The molecule has 1 rings (SSSR count). The second kappa shape index (κ2) is 8.59. The zero-order chi connectivity index (χ0) is 15.8. The van der Waals surface area contributed by atoms with E-state index in [9.17, 15) is 9.18 Å². The van der Waals surface area contributed by atoms with Crippen LogP contribution in [0.15, 0.2) is 18.2 Å². The van der Waals surface area contributed by atoms with Crippen LogP contribution in [0.3, 0.4) is 0 Å². The highest BCUT2D eigenvalue weighted by molar-refractivity contribution is 5.67. The molecule has 0 fully saturated rings. The molecule has 0 saturated heterocycles. The Kier molecular flexibility index (Phi) is 7.11. The highest BCUT2D eigenvalue weighted by Gasteiger charge is 2.14. The van der Waals surface area contributed by atoms with Gasteiger partial charge in [0.15, 0.2) is 11.6 Å². The number of hydrogen-bond acceptors (Lipinski definition) is 4. The van der Waals surface area contributed by atoms with Crippen molar-refractivity contribution in [2.75, 3.05) is 34.3 Å². The summed E-state index contributed by atoms with van der Waals surface area (Å²) in [5.74, 6) is -1.11. The maximum absolute atomic E-state index is 13.7. The van der Waals surface area contributed by atoms with Gasteiger partial charge < -0.3 is 20.1 Å². The summed E-state index contributed by atoms with van der Waals surface area (Å²) in [5, 5.41) is 12.2. The van der Waals surface area contributed by atoms with Crippen LogP contribution in [0.1, 0.15) is 12.0 Å². The van der Waals surface area contributed by atoms with Gasteiger partial charge in [-0.05, 0) is 38.2 Å². The maximum atomic E-state index is 13.7. The molecule has 0 aliphatic rings. The number of carbonyl (C=O) groups is 1. The molecule has 1 unspecified atom stereocenters. The van der Waals surface area contributed by atoms with Crippen LogP contribution in [0, 0.1) is 5.82 Å². The number of hydrogen-bond donors (Lipinski definition) is 2. The van der Waals surface area contributed by atoms with E-state index >= 15 is 0 Å². The normalized spacial score (nSPS) is 12.4. The van der Waals surface area contributed by atoms with Crippen molar-refractivity contribution in [2.45, 2.75) is 18.9 Å². The average Bonchev–Trinajstić information content (AvgIpc) is 2.37. The van der Waals surface area contributed by atoms with Crippen LogP contribution in [0.25, 0.3) is 0 Å².